The molecule has 1 aromatic rings. The predicted molar refractivity (Wildman–Crippen MR) is 104 cm³/mol. The van der Waals surface area contributed by atoms with Crippen molar-refractivity contribution in [3.05, 3.63) is 29.3 Å². The molecular weight excluding hydrogens is 344 g/mol. The van der Waals surface area contributed by atoms with E-state index >= 15 is 0 Å². The van der Waals surface area contributed by atoms with Crippen LogP contribution in [-0.2, 0) is 27.4 Å². The van der Waals surface area contributed by atoms with Crippen molar-refractivity contribution in [3.63, 3.8) is 0 Å². The Labute approximate surface area is 162 Å². The van der Waals surface area contributed by atoms with Crippen molar-refractivity contribution in [2.75, 3.05) is 53.1 Å². The predicted octanol–water partition coefficient (Wildman–Crippen LogP) is 2.30. The maximum atomic E-state index is 12.7. The van der Waals surface area contributed by atoms with Gasteiger partial charge in [0, 0.05) is 37.7 Å². The van der Waals surface area contributed by atoms with Crippen molar-refractivity contribution in [1.29, 1.82) is 0 Å². The van der Waals surface area contributed by atoms with Crippen LogP contribution < -0.4 is 4.74 Å². The number of likely N-dealkylation sites (tertiary alicyclic amines) is 1. The minimum atomic E-state index is 0.170. The molecule has 6 heteroatoms. The van der Waals surface area contributed by atoms with Gasteiger partial charge in [0.15, 0.2) is 0 Å². The Bertz CT molecular complexity index is 608. The molecule has 0 bridgehead atoms. The van der Waals surface area contributed by atoms with Gasteiger partial charge in [0.2, 0.25) is 5.91 Å². The molecule has 3 rings (SSSR count). The summed E-state index contributed by atoms with van der Waals surface area (Å²) in [6.07, 6.45) is 1.89. The lowest BCUT2D eigenvalue weighted by Gasteiger charge is -2.35. The number of methoxy groups -OCH3 is 1. The molecule has 27 heavy (non-hydrogen) atoms. The maximum Gasteiger partial charge on any atom is 0.225 e. The Balaban J connectivity index is 1.52. The largest absolute Gasteiger partial charge is 0.496 e. The normalized spacial score (nSPS) is 19.3. The molecule has 2 saturated heterocycles. The van der Waals surface area contributed by atoms with Gasteiger partial charge in [0.05, 0.1) is 26.9 Å². The fraction of sp³-hybridized carbons (Fsp3) is 0.667. The molecule has 2 aliphatic heterocycles. The maximum absolute atomic E-state index is 12.7. The molecule has 0 atom stereocenters. The summed E-state index contributed by atoms with van der Waals surface area (Å²) in [5.41, 5.74) is 2.36. The molecule has 2 fully saturated rings. The quantitative estimate of drug-likeness (QED) is 0.731. The number of piperidine rings is 1. The van der Waals surface area contributed by atoms with Gasteiger partial charge in [-0.05, 0) is 50.6 Å². The second-order valence-electron chi connectivity index (χ2n) is 7.27. The number of benzene rings is 1. The van der Waals surface area contributed by atoms with Crippen LogP contribution in [0.25, 0.3) is 0 Å². The smallest absolute Gasteiger partial charge is 0.225 e. The number of ether oxygens (including phenoxy) is 3. The first-order valence-electron chi connectivity index (χ1n) is 10.0. The summed E-state index contributed by atoms with van der Waals surface area (Å²) < 4.78 is 16.4. The van der Waals surface area contributed by atoms with Crippen molar-refractivity contribution >= 4 is 5.91 Å². The van der Waals surface area contributed by atoms with Gasteiger partial charge in [-0.1, -0.05) is 6.07 Å². The van der Waals surface area contributed by atoms with Crippen LogP contribution in [-0.4, -0.2) is 68.8 Å². The Morgan fingerprint density at radius 1 is 1.19 bits per heavy atom. The highest BCUT2D eigenvalue weighted by atomic mass is 16.5. The van der Waals surface area contributed by atoms with Gasteiger partial charge in [-0.25, -0.2) is 0 Å². The number of nitrogens with zero attached hydrogens (tertiary/aromatic N) is 2. The summed E-state index contributed by atoms with van der Waals surface area (Å²) in [4.78, 5) is 17.1. The summed E-state index contributed by atoms with van der Waals surface area (Å²) in [6.45, 7) is 8.93. The lowest BCUT2D eigenvalue weighted by molar-refractivity contribution is -0.141. The highest BCUT2D eigenvalue weighted by Crippen LogP contribution is 2.25. The number of rotatable bonds is 7. The molecule has 6 nitrogen and oxygen atoms in total. The van der Waals surface area contributed by atoms with E-state index in [4.69, 9.17) is 14.2 Å². The fourth-order valence-electron chi connectivity index (χ4n) is 3.89. The van der Waals surface area contributed by atoms with Crippen molar-refractivity contribution in [1.82, 2.24) is 9.80 Å². The molecule has 1 amide bonds. The highest BCUT2D eigenvalue weighted by molar-refractivity contribution is 5.79. The number of hydrogen-bond acceptors (Lipinski definition) is 5. The number of hydrogen-bond donors (Lipinski definition) is 0. The molecule has 0 aliphatic carbocycles. The van der Waals surface area contributed by atoms with Crippen LogP contribution in [0.5, 0.6) is 5.75 Å². The molecule has 0 spiro atoms. The van der Waals surface area contributed by atoms with E-state index in [0.717, 1.165) is 56.9 Å². The summed E-state index contributed by atoms with van der Waals surface area (Å²) in [6, 6.07) is 6.33. The Kier molecular flexibility index (Phi) is 7.50. The van der Waals surface area contributed by atoms with Gasteiger partial charge in [-0.2, -0.15) is 0 Å². The highest BCUT2D eigenvalue weighted by Gasteiger charge is 2.29. The minimum Gasteiger partial charge on any atom is -0.496 e. The standard InChI is InChI=1S/C21H32N2O4/c1-3-26-16-19-14-17(4-5-20(19)25-2)15-22-8-6-18(7-9-22)21(24)23-10-12-27-13-11-23/h4-5,14,18H,3,6-13,15-16H2,1-2H3. The number of amides is 1. The topological polar surface area (TPSA) is 51.2 Å². The molecule has 1 aromatic carbocycles. The zero-order chi connectivity index (χ0) is 19.1. The van der Waals surface area contributed by atoms with E-state index in [-0.39, 0.29) is 5.92 Å². The second kappa shape index (κ2) is 10.1. The van der Waals surface area contributed by atoms with E-state index in [9.17, 15) is 4.79 Å². The SMILES string of the molecule is CCOCc1cc(CN2CCC(C(=O)N3CCOCC3)CC2)ccc1OC. The van der Waals surface area contributed by atoms with E-state index < -0.39 is 0 Å². The van der Waals surface area contributed by atoms with Gasteiger partial charge >= 0.3 is 0 Å². The van der Waals surface area contributed by atoms with Gasteiger partial charge in [-0.3, -0.25) is 9.69 Å². The number of carbonyl (C=O) groups is 1. The Morgan fingerprint density at radius 3 is 2.59 bits per heavy atom. The zero-order valence-corrected chi connectivity index (χ0v) is 16.6. The van der Waals surface area contributed by atoms with Crippen LogP contribution >= 0.6 is 0 Å². The van der Waals surface area contributed by atoms with E-state index in [1.807, 2.05) is 17.9 Å². The molecule has 0 unspecified atom stereocenters. The van der Waals surface area contributed by atoms with Crippen molar-refractivity contribution in [2.24, 2.45) is 5.92 Å². The summed E-state index contributed by atoms with van der Waals surface area (Å²) >= 11 is 0. The van der Waals surface area contributed by atoms with Gasteiger partial charge in [0.25, 0.3) is 0 Å². The van der Waals surface area contributed by atoms with Crippen LogP contribution in [0.1, 0.15) is 30.9 Å². The summed E-state index contributed by atoms with van der Waals surface area (Å²) in [7, 11) is 1.70. The molecular formula is C21H32N2O4. The third kappa shape index (κ3) is 5.43. The zero-order valence-electron chi connectivity index (χ0n) is 16.6. The van der Waals surface area contributed by atoms with Gasteiger partial charge in [-0.15, -0.1) is 0 Å². The van der Waals surface area contributed by atoms with Crippen molar-refractivity contribution < 1.29 is 19.0 Å². The van der Waals surface area contributed by atoms with Gasteiger partial charge in [0.1, 0.15) is 5.75 Å². The van der Waals surface area contributed by atoms with Crippen molar-refractivity contribution in [2.45, 2.75) is 32.9 Å². The van der Waals surface area contributed by atoms with Crippen LogP contribution in [0, 0.1) is 5.92 Å². The molecule has 0 aromatic heterocycles. The van der Waals surface area contributed by atoms with Crippen LogP contribution in [0.15, 0.2) is 18.2 Å². The van der Waals surface area contributed by atoms with E-state index in [1.165, 1.54) is 5.56 Å². The van der Waals surface area contributed by atoms with Crippen LogP contribution in [0.2, 0.25) is 0 Å². The number of morpholine rings is 1. The average Bonchev–Trinajstić information content (AvgIpc) is 2.73. The first kappa shape index (κ1) is 20.1. The van der Waals surface area contributed by atoms with Gasteiger partial charge < -0.3 is 19.1 Å². The third-order valence-electron chi connectivity index (χ3n) is 5.47. The summed E-state index contributed by atoms with van der Waals surface area (Å²) in [5, 5.41) is 0. The number of carbonyl (C=O) groups excluding carboxylic acids is 1. The average molecular weight is 376 g/mol. The lowest BCUT2D eigenvalue weighted by Crippen LogP contribution is -2.46. The van der Waals surface area contributed by atoms with Crippen molar-refractivity contribution in [3.8, 4) is 5.75 Å². The Hall–Kier alpha value is -1.63. The monoisotopic (exact) mass is 376 g/mol. The van der Waals surface area contributed by atoms with E-state index in [0.29, 0.717) is 32.3 Å². The first-order valence-corrected chi connectivity index (χ1v) is 10.0. The lowest BCUT2D eigenvalue weighted by atomic mass is 9.94. The molecule has 0 radical (unpaired) electrons. The van der Waals surface area contributed by atoms with Crippen LogP contribution in [0.3, 0.4) is 0 Å². The molecule has 150 valence electrons. The molecule has 2 heterocycles. The summed E-state index contributed by atoms with van der Waals surface area (Å²) in [5.74, 6) is 1.37. The third-order valence-corrected chi connectivity index (χ3v) is 5.47. The fourth-order valence-corrected chi connectivity index (χ4v) is 3.89. The second-order valence-corrected chi connectivity index (χ2v) is 7.27. The van der Waals surface area contributed by atoms with E-state index in [2.05, 4.69) is 17.0 Å². The molecule has 0 saturated carbocycles. The molecule has 0 N–H and O–H groups in total. The first-order chi connectivity index (χ1) is 13.2. The minimum absolute atomic E-state index is 0.170. The Morgan fingerprint density at radius 2 is 1.93 bits per heavy atom. The molecule has 2 aliphatic rings. The van der Waals surface area contributed by atoms with Crippen LogP contribution in [0.4, 0.5) is 0 Å². The van der Waals surface area contributed by atoms with E-state index in [1.54, 1.807) is 7.11 Å².